The van der Waals surface area contributed by atoms with Crippen LogP contribution >= 0.6 is 0 Å². The van der Waals surface area contributed by atoms with Crippen LogP contribution in [0.5, 0.6) is 5.75 Å². The van der Waals surface area contributed by atoms with E-state index in [4.69, 9.17) is 10.5 Å². The molecule has 1 rings (SSSR count). The summed E-state index contributed by atoms with van der Waals surface area (Å²) in [4.78, 5) is 11.7. The molecule has 0 aliphatic rings. The molecule has 0 bridgehead atoms. The van der Waals surface area contributed by atoms with E-state index in [9.17, 15) is 9.90 Å². The van der Waals surface area contributed by atoms with Crippen molar-refractivity contribution in [3.63, 3.8) is 0 Å². The second-order valence-corrected chi connectivity index (χ2v) is 6.97. The van der Waals surface area contributed by atoms with E-state index in [-0.39, 0.29) is 11.3 Å². The molecule has 0 saturated carbocycles. The lowest BCUT2D eigenvalue weighted by atomic mass is 9.96. The Morgan fingerprint density at radius 2 is 1.90 bits per heavy atom. The van der Waals surface area contributed by atoms with Gasteiger partial charge in [0, 0.05) is 5.54 Å². The van der Waals surface area contributed by atoms with Crippen LogP contribution in [0.2, 0.25) is 0 Å². The molecule has 0 unspecified atom stereocenters. The molecule has 1 amide bonds. The molecule has 0 spiro atoms. The molecule has 0 atom stereocenters. The summed E-state index contributed by atoms with van der Waals surface area (Å²) in [6, 6.07) is 5.16. The molecular formula is C16H26N2O3. The Morgan fingerprint density at radius 3 is 2.38 bits per heavy atom. The van der Waals surface area contributed by atoms with Crippen LogP contribution < -0.4 is 11.1 Å². The topological polar surface area (TPSA) is 84.6 Å². The smallest absolute Gasteiger partial charge is 0.412 e. The molecule has 1 aromatic carbocycles. The summed E-state index contributed by atoms with van der Waals surface area (Å²) in [6.07, 6.45) is 0.989. The molecule has 0 fully saturated rings. The van der Waals surface area contributed by atoms with Crippen LogP contribution in [0.1, 0.15) is 46.6 Å². The minimum absolute atomic E-state index is 0.0215. The van der Waals surface area contributed by atoms with E-state index in [2.05, 4.69) is 5.32 Å². The van der Waals surface area contributed by atoms with Gasteiger partial charge in [-0.3, -0.25) is 5.32 Å². The predicted octanol–water partition coefficient (Wildman–Crippen LogP) is 3.41. The molecule has 0 heterocycles. The summed E-state index contributed by atoms with van der Waals surface area (Å²) in [5.74, 6) is 0.0215. The average molecular weight is 294 g/mol. The number of anilines is 1. The Labute approximate surface area is 126 Å². The first kappa shape index (κ1) is 17.3. The van der Waals surface area contributed by atoms with Crippen LogP contribution in [0.25, 0.3) is 0 Å². The fraction of sp³-hybridized carbons (Fsp3) is 0.562. The van der Waals surface area contributed by atoms with E-state index in [0.29, 0.717) is 5.69 Å². The average Bonchev–Trinajstić information content (AvgIpc) is 2.26. The predicted molar refractivity (Wildman–Crippen MR) is 84.6 cm³/mol. The van der Waals surface area contributed by atoms with Gasteiger partial charge >= 0.3 is 6.09 Å². The van der Waals surface area contributed by atoms with Crippen molar-refractivity contribution in [1.82, 2.24) is 0 Å². The molecule has 1 aromatic rings. The number of aryl methyl sites for hydroxylation is 1. The monoisotopic (exact) mass is 294 g/mol. The molecular weight excluding hydrogens is 268 g/mol. The van der Waals surface area contributed by atoms with Gasteiger partial charge in [-0.05, 0) is 65.2 Å². The summed E-state index contributed by atoms with van der Waals surface area (Å²) < 4.78 is 5.14. The number of nitrogens with one attached hydrogen (secondary N) is 1. The first-order valence-electron chi connectivity index (χ1n) is 7.07. The van der Waals surface area contributed by atoms with Gasteiger partial charge in [-0.25, -0.2) is 4.79 Å². The van der Waals surface area contributed by atoms with Gasteiger partial charge in [0.05, 0.1) is 5.69 Å². The first-order valence-corrected chi connectivity index (χ1v) is 7.07. The van der Waals surface area contributed by atoms with Gasteiger partial charge in [0.1, 0.15) is 11.4 Å². The third-order valence-corrected chi connectivity index (χ3v) is 2.76. The zero-order valence-electron chi connectivity index (χ0n) is 13.5. The number of hydrogen-bond donors (Lipinski definition) is 3. The Bertz CT molecular complexity index is 499. The standard InChI is InChI=1S/C16H26N2O3/c1-15(2,3)21-14(20)18-12-7-6-11(10-13(12)19)8-9-16(4,5)17/h6-7,10,19H,8-9,17H2,1-5H3,(H,18,20). The van der Waals surface area contributed by atoms with Crippen molar-refractivity contribution < 1.29 is 14.6 Å². The van der Waals surface area contributed by atoms with Gasteiger partial charge in [0.25, 0.3) is 0 Å². The molecule has 0 saturated heterocycles. The highest BCUT2D eigenvalue weighted by molar-refractivity contribution is 5.86. The van der Waals surface area contributed by atoms with Gasteiger partial charge in [-0.1, -0.05) is 6.07 Å². The summed E-state index contributed by atoms with van der Waals surface area (Å²) in [7, 11) is 0. The van der Waals surface area contributed by atoms with E-state index in [0.717, 1.165) is 18.4 Å². The van der Waals surface area contributed by atoms with Crippen LogP contribution in [0.15, 0.2) is 18.2 Å². The normalized spacial score (nSPS) is 12.1. The van der Waals surface area contributed by atoms with Gasteiger partial charge < -0.3 is 15.6 Å². The second-order valence-electron chi connectivity index (χ2n) is 6.97. The lowest BCUT2D eigenvalue weighted by Crippen LogP contribution is -2.32. The van der Waals surface area contributed by atoms with Crippen molar-refractivity contribution in [1.29, 1.82) is 0 Å². The van der Waals surface area contributed by atoms with Crippen LogP contribution in [0.3, 0.4) is 0 Å². The van der Waals surface area contributed by atoms with Crippen molar-refractivity contribution in [2.24, 2.45) is 5.73 Å². The van der Waals surface area contributed by atoms with E-state index >= 15 is 0 Å². The van der Waals surface area contributed by atoms with Crippen LogP contribution in [0, 0.1) is 0 Å². The summed E-state index contributed by atoms with van der Waals surface area (Å²) in [6.45, 7) is 9.27. The van der Waals surface area contributed by atoms with Gasteiger partial charge in [-0.15, -0.1) is 0 Å². The highest BCUT2D eigenvalue weighted by atomic mass is 16.6. The number of hydrogen-bond acceptors (Lipinski definition) is 4. The lowest BCUT2D eigenvalue weighted by Gasteiger charge is -2.20. The van der Waals surface area contributed by atoms with E-state index < -0.39 is 11.7 Å². The number of benzene rings is 1. The largest absolute Gasteiger partial charge is 0.506 e. The van der Waals surface area contributed by atoms with Crippen LogP contribution in [-0.4, -0.2) is 22.3 Å². The summed E-state index contributed by atoms with van der Waals surface area (Å²) in [5.41, 5.74) is 6.42. The number of carbonyl (C=O) groups excluding carboxylic acids is 1. The third-order valence-electron chi connectivity index (χ3n) is 2.76. The molecule has 118 valence electrons. The Morgan fingerprint density at radius 1 is 1.29 bits per heavy atom. The first-order chi connectivity index (χ1) is 9.46. The highest BCUT2D eigenvalue weighted by Crippen LogP contribution is 2.26. The van der Waals surface area contributed by atoms with Crippen molar-refractivity contribution >= 4 is 11.8 Å². The SMILES string of the molecule is CC(C)(N)CCc1ccc(NC(=O)OC(C)(C)C)c(O)c1. The van der Waals surface area contributed by atoms with Crippen LogP contribution in [0.4, 0.5) is 10.5 Å². The minimum atomic E-state index is -0.589. The number of phenols is 1. The molecule has 5 heteroatoms. The molecule has 21 heavy (non-hydrogen) atoms. The fourth-order valence-electron chi connectivity index (χ4n) is 1.72. The molecule has 4 N–H and O–H groups in total. The molecule has 0 aliphatic heterocycles. The molecule has 0 radical (unpaired) electrons. The van der Waals surface area contributed by atoms with Crippen molar-refractivity contribution in [3.05, 3.63) is 23.8 Å². The zero-order chi connectivity index (χ0) is 16.3. The van der Waals surface area contributed by atoms with Crippen molar-refractivity contribution in [2.45, 2.75) is 58.6 Å². The zero-order valence-corrected chi connectivity index (χ0v) is 13.5. The summed E-state index contributed by atoms with van der Waals surface area (Å²) in [5, 5.41) is 12.5. The second kappa shape index (κ2) is 6.35. The Balaban J connectivity index is 2.68. The maximum atomic E-state index is 11.7. The summed E-state index contributed by atoms with van der Waals surface area (Å²) >= 11 is 0. The fourth-order valence-corrected chi connectivity index (χ4v) is 1.72. The van der Waals surface area contributed by atoms with Gasteiger partial charge in [0.15, 0.2) is 0 Å². The molecule has 0 aromatic heterocycles. The van der Waals surface area contributed by atoms with E-state index in [1.54, 1.807) is 32.9 Å². The Hall–Kier alpha value is -1.75. The number of nitrogens with two attached hydrogens (primary N) is 1. The maximum absolute atomic E-state index is 11.7. The molecule has 0 aliphatic carbocycles. The Kier molecular flexibility index (Phi) is 5.23. The third kappa shape index (κ3) is 6.99. The number of amides is 1. The number of carbonyl (C=O) groups is 1. The van der Waals surface area contributed by atoms with Crippen LogP contribution in [-0.2, 0) is 11.2 Å². The number of ether oxygens (including phenoxy) is 1. The van der Waals surface area contributed by atoms with E-state index in [1.807, 2.05) is 19.9 Å². The maximum Gasteiger partial charge on any atom is 0.412 e. The number of phenolic OH excluding ortho intramolecular Hbond substituents is 1. The van der Waals surface area contributed by atoms with Crippen molar-refractivity contribution in [3.8, 4) is 5.75 Å². The van der Waals surface area contributed by atoms with Gasteiger partial charge in [-0.2, -0.15) is 0 Å². The van der Waals surface area contributed by atoms with E-state index in [1.165, 1.54) is 0 Å². The minimum Gasteiger partial charge on any atom is -0.506 e. The lowest BCUT2D eigenvalue weighted by molar-refractivity contribution is 0.0635. The van der Waals surface area contributed by atoms with Crippen molar-refractivity contribution in [2.75, 3.05) is 5.32 Å². The highest BCUT2D eigenvalue weighted by Gasteiger charge is 2.17. The number of rotatable bonds is 4. The number of aromatic hydroxyl groups is 1. The molecule has 5 nitrogen and oxygen atoms in total. The van der Waals surface area contributed by atoms with Gasteiger partial charge in [0.2, 0.25) is 0 Å². The quantitative estimate of drug-likeness (QED) is 0.743.